The van der Waals surface area contributed by atoms with Crippen LogP contribution in [-0.4, -0.2) is 27.2 Å². The third-order valence-corrected chi connectivity index (χ3v) is 7.90. The molecule has 1 saturated heterocycles. The fourth-order valence-corrected chi connectivity index (χ4v) is 5.49. The fraction of sp³-hybridized carbons (Fsp3) is 0.143. The number of imide groups is 1. The summed E-state index contributed by atoms with van der Waals surface area (Å²) in [7, 11) is 0. The Labute approximate surface area is 233 Å². The Morgan fingerprint density at radius 1 is 0.892 bits per heavy atom. The van der Waals surface area contributed by atoms with Crippen LogP contribution in [0.25, 0.3) is 17.0 Å². The highest BCUT2D eigenvalue weighted by molar-refractivity contribution is 8.18. The van der Waals surface area contributed by atoms with Crippen LogP contribution in [0.3, 0.4) is 0 Å². The molecule has 0 radical (unpaired) electrons. The van der Waals surface area contributed by atoms with Crippen molar-refractivity contribution in [3.8, 4) is 5.75 Å². The smallest absolute Gasteiger partial charge is 0.293 e. The summed E-state index contributed by atoms with van der Waals surface area (Å²) in [6.07, 6.45) is 4.56. The van der Waals surface area contributed by atoms with Gasteiger partial charge in [-0.05, 0) is 60.2 Å². The maximum absolute atomic E-state index is 13.1. The minimum Gasteiger partial charge on any atom is -0.492 e. The zero-order valence-electron chi connectivity index (χ0n) is 19.5. The van der Waals surface area contributed by atoms with E-state index in [0.717, 1.165) is 46.8 Å². The number of ether oxygens (including phenoxy) is 1. The molecule has 1 fully saturated rings. The van der Waals surface area contributed by atoms with Crippen LogP contribution in [-0.2, 0) is 17.9 Å². The minimum absolute atomic E-state index is 0.131. The van der Waals surface area contributed by atoms with Crippen molar-refractivity contribution in [1.29, 1.82) is 0 Å². The molecule has 188 valence electrons. The number of fused-ring (bicyclic) bond motifs is 1. The molecule has 1 aromatic heterocycles. The molecule has 0 bridgehead atoms. The van der Waals surface area contributed by atoms with Gasteiger partial charge in [-0.3, -0.25) is 14.5 Å². The Balaban J connectivity index is 1.32. The summed E-state index contributed by atoms with van der Waals surface area (Å²) in [6, 6.07) is 20.5. The number of halogens is 3. The Morgan fingerprint density at radius 3 is 2.49 bits per heavy atom. The third-order valence-electron chi connectivity index (χ3n) is 5.94. The zero-order chi connectivity index (χ0) is 25.9. The molecule has 0 N–H and O–H groups in total. The van der Waals surface area contributed by atoms with Crippen LogP contribution in [0.2, 0.25) is 15.1 Å². The van der Waals surface area contributed by atoms with Crippen molar-refractivity contribution in [2.45, 2.75) is 19.5 Å². The third kappa shape index (κ3) is 5.68. The maximum atomic E-state index is 13.1. The molecule has 2 amide bonds. The van der Waals surface area contributed by atoms with Crippen molar-refractivity contribution in [3.05, 3.63) is 104 Å². The zero-order valence-corrected chi connectivity index (χ0v) is 22.6. The summed E-state index contributed by atoms with van der Waals surface area (Å²) in [5, 5.41) is 2.08. The minimum atomic E-state index is -0.328. The SMILES string of the molecule is O=C1S/C(=C\c2cn(CCCOc3ccccc3Cl)c3ccccc23)C(=O)N1Cc1ccc(Cl)c(Cl)c1. The molecular formula is C28H21Cl3N2O3S. The first-order valence-electron chi connectivity index (χ1n) is 11.6. The van der Waals surface area contributed by atoms with Crippen LogP contribution >= 0.6 is 46.6 Å². The lowest BCUT2D eigenvalue weighted by atomic mass is 10.1. The summed E-state index contributed by atoms with van der Waals surface area (Å²) in [4.78, 5) is 27.4. The van der Waals surface area contributed by atoms with E-state index >= 15 is 0 Å². The fourth-order valence-electron chi connectivity index (χ4n) is 4.15. The summed E-state index contributed by atoms with van der Waals surface area (Å²) >= 11 is 19.2. The Kier molecular flexibility index (Phi) is 7.81. The highest BCUT2D eigenvalue weighted by Crippen LogP contribution is 2.35. The summed E-state index contributed by atoms with van der Waals surface area (Å²) in [5.74, 6) is 0.338. The molecule has 9 heteroatoms. The van der Waals surface area contributed by atoms with E-state index in [4.69, 9.17) is 39.5 Å². The Bertz CT molecular complexity index is 1530. The van der Waals surface area contributed by atoms with Crippen molar-refractivity contribution < 1.29 is 14.3 Å². The first kappa shape index (κ1) is 25.7. The standard InChI is InChI=1S/C28H21Cl3N2O3S/c29-21-11-10-18(14-23(21)31)16-33-27(34)26(37-28(33)35)15-19-17-32(24-8-3-1-6-20(19)24)12-5-13-36-25-9-4-2-7-22(25)30/h1-4,6-11,14-15,17H,5,12-13,16H2/b26-15-. The van der Waals surface area contributed by atoms with E-state index in [1.54, 1.807) is 30.3 Å². The number of carbonyl (C=O) groups excluding carboxylic acids is 2. The van der Waals surface area contributed by atoms with Gasteiger partial charge in [-0.25, -0.2) is 0 Å². The normalized spacial score (nSPS) is 14.8. The molecule has 37 heavy (non-hydrogen) atoms. The molecule has 0 unspecified atom stereocenters. The van der Waals surface area contributed by atoms with Crippen molar-refractivity contribution >= 4 is 74.7 Å². The maximum Gasteiger partial charge on any atom is 0.293 e. The van der Waals surface area contributed by atoms with Crippen molar-refractivity contribution in [1.82, 2.24) is 9.47 Å². The topological polar surface area (TPSA) is 51.5 Å². The predicted molar refractivity (Wildman–Crippen MR) is 151 cm³/mol. The van der Waals surface area contributed by atoms with Gasteiger partial charge >= 0.3 is 0 Å². The van der Waals surface area contributed by atoms with Gasteiger partial charge in [-0.2, -0.15) is 0 Å². The number of carbonyl (C=O) groups is 2. The molecule has 5 rings (SSSR count). The van der Waals surface area contributed by atoms with Crippen LogP contribution in [0, 0.1) is 0 Å². The molecule has 2 heterocycles. The molecule has 4 aromatic rings. The highest BCUT2D eigenvalue weighted by atomic mass is 35.5. The van der Waals surface area contributed by atoms with Crippen LogP contribution in [0.4, 0.5) is 4.79 Å². The van der Waals surface area contributed by atoms with E-state index in [1.165, 1.54) is 4.90 Å². The number of aromatic nitrogens is 1. The van der Waals surface area contributed by atoms with Gasteiger partial charge in [0, 0.05) is 29.2 Å². The molecule has 1 aliphatic rings. The number of hydrogen-bond acceptors (Lipinski definition) is 4. The van der Waals surface area contributed by atoms with E-state index in [0.29, 0.717) is 32.3 Å². The summed E-state index contributed by atoms with van der Waals surface area (Å²) in [6.45, 7) is 1.36. The number of nitrogens with zero attached hydrogens (tertiary/aromatic N) is 2. The second-order valence-corrected chi connectivity index (χ2v) is 10.7. The molecule has 0 spiro atoms. The summed E-state index contributed by atoms with van der Waals surface area (Å²) < 4.78 is 7.96. The lowest BCUT2D eigenvalue weighted by Crippen LogP contribution is -2.27. The predicted octanol–water partition coefficient (Wildman–Crippen LogP) is 8.31. The molecule has 3 aromatic carbocycles. The van der Waals surface area contributed by atoms with E-state index < -0.39 is 0 Å². The van der Waals surface area contributed by atoms with E-state index in [-0.39, 0.29) is 17.7 Å². The van der Waals surface area contributed by atoms with Gasteiger partial charge in [0.2, 0.25) is 0 Å². The van der Waals surface area contributed by atoms with Crippen LogP contribution < -0.4 is 4.74 Å². The number of hydrogen-bond donors (Lipinski definition) is 0. The number of thioether (sulfide) groups is 1. The van der Waals surface area contributed by atoms with Crippen molar-refractivity contribution in [2.75, 3.05) is 6.61 Å². The molecule has 5 nitrogen and oxygen atoms in total. The quantitative estimate of drug-likeness (QED) is 0.158. The van der Waals surface area contributed by atoms with Crippen molar-refractivity contribution in [2.24, 2.45) is 0 Å². The van der Waals surface area contributed by atoms with Gasteiger partial charge in [0.15, 0.2) is 0 Å². The Hall–Kier alpha value is -2.90. The molecule has 0 saturated carbocycles. The Morgan fingerprint density at radius 2 is 1.68 bits per heavy atom. The van der Waals surface area contributed by atoms with Gasteiger partial charge in [-0.15, -0.1) is 0 Å². The molecular weight excluding hydrogens is 551 g/mol. The van der Waals surface area contributed by atoms with Crippen molar-refractivity contribution in [3.63, 3.8) is 0 Å². The highest BCUT2D eigenvalue weighted by Gasteiger charge is 2.35. The number of benzene rings is 3. The van der Waals surface area contributed by atoms with Gasteiger partial charge in [0.25, 0.3) is 11.1 Å². The molecule has 1 aliphatic heterocycles. The average molecular weight is 572 g/mol. The lowest BCUT2D eigenvalue weighted by molar-refractivity contribution is -0.123. The first-order valence-corrected chi connectivity index (χ1v) is 13.5. The number of rotatable bonds is 8. The second-order valence-electron chi connectivity index (χ2n) is 8.44. The average Bonchev–Trinajstić information content (AvgIpc) is 3.37. The second kappa shape index (κ2) is 11.2. The number of aryl methyl sites for hydroxylation is 1. The van der Waals surface area contributed by atoms with Gasteiger partial charge in [-0.1, -0.05) is 71.2 Å². The van der Waals surface area contributed by atoms with E-state index in [1.807, 2.05) is 48.7 Å². The van der Waals surface area contributed by atoms with Gasteiger partial charge in [0.05, 0.1) is 33.1 Å². The van der Waals surface area contributed by atoms with Gasteiger partial charge < -0.3 is 9.30 Å². The van der Waals surface area contributed by atoms with Crippen LogP contribution in [0.5, 0.6) is 5.75 Å². The first-order chi connectivity index (χ1) is 17.9. The van der Waals surface area contributed by atoms with Gasteiger partial charge in [0.1, 0.15) is 5.75 Å². The monoisotopic (exact) mass is 570 g/mol. The number of amides is 2. The summed E-state index contributed by atoms with van der Waals surface area (Å²) in [5.41, 5.74) is 2.65. The largest absolute Gasteiger partial charge is 0.492 e. The van der Waals surface area contributed by atoms with E-state index in [2.05, 4.69) is 4.57 Å². The molecule has 0 aliphatic carbocycles. The van der Waals surface area contributed by atoms with Crippen LogP contribution in [0.1, 0.15) is 17.5 Å². The lowest BCUT2D eigenvalue weighted by Gasteiger charge is -2.12. The number of para-hydroxylation sites is 2. The van der Waals surface area contributed by atoms with E-state index in [9.17, 15) is 9.59 Å². The molecule has 0 atom stereocenters. The van der Waals surface area contributed by atoms with Crippen LogP contribution in [0.15, 0.2) is 77.8 Å².